The van der Waals surface area contributed by atoms with Crippen LogP contribution in [0.4, 0.5) is 15.8 Å². The van der Waals surface area contributed by atoms with E-state index in [0.717, 1.165) is 0 Å². The molecule has 0 spiro atoms. The summed E-state index contributed by atoms with van der Waals surface area (Å²) in [5, 5.41) is 8.90. The summed E-state index contributed by atoms with van der Waals surface area (Å²) in [6.45, 7) is 3.46. The first-order chi connectivity index (χ1) is 15.9. The monoisotopic (exact) mass is 450 g/mol. The lowest BCUT2D eigenvalue weighted by Gasteiger charge is -2.36. The van der Waals surface area contributed by atoms with Crippen LogP contribution < -0.4 is 9.80 Å². The smallest absolute Gasteiger partial charge is 0.227 e. The maximum atomic E-state index is 14.4. The van der Waals surface area contributed by atoms with Crippen LogP contribution >= 0.6 is 0 Å². The minimum Gasteiger partial charge on any atom is -0.366 e. The fourth-order valence-electron chi connectivity index (χ4n) is 3.85. The van der Waals surface area contributed by atoms with Crippen LogP contribution in [0.3, 0.4) is 0 Å². The molecule has 1 aliphatic heterocycles. The van der Waals surface area contributed by atoms with E-state index in [1.165, 1.54) is 13.0 Å². The molecule has 3 rings (SSSR count). The number of ketones is 1. The van der Waals surface area contributed by atoms with Gasteiger partial charge in [0.15, 0.2) is 5.78 Å². The predicted molar refractivity (Wildman–Crippen MR) is 123 cm³/mol. The average Bonchev–Trinajstić information content (AvgIpc) is 2.83. The summed E-state index contributed by atoms with van der Waals surface area (Å²) in [6.07, 6.45) is 0.345. The molecule has 2 aromatic rings. The van der Waals surface area contributed by atoms with Crippen LogP contribution in [-0.2, 0) is 9.59 Å². The molecule has 0 bridgehead atoms. The summed E-state index contributed by atoms with van der Waals surface area (Å²) in [7, 11) is 0. The van der Waals surface area contributed by atoms with E-state index in [0.29, 0.717) is 43.1 Å². The summed E-state index contributed by atoms with van der Waals surface area (Å²) < 4.78 is 14.4. The number of amides is 2. The van der Waals surface area contributed by atoms with Gasteiger partial charge in [-0.2, -0.15) is 5.26 Å². The largest absolute Gasteiger partial charge is 0.366 e. The van der Waals surface area contributed by atoms with E-state index < -0.39 is 5.82 Å². The normalized spacial score (nSPS) is 13.4. The van der Waals surface area contributed by atoms with Crippen molar-refractivity contribution in [1.82, 2.24) is 4.90 Å². The van der Waals surface area contributed by atoms with Gasteiger partial charge >= 0.3 is 0 Å². The number of para-hydroxylation sites is 1. The molecular weight excluding hydrogens is 423 g/mol. The fraction of sp³-hybridized carbons (Fsp3) is 0.360. The second kappa shape index (κ2) is 11.2. The number of carbonyl (C=O) groups is 3. The van der Waals surface area contributed by atoms with Crippen molar-refractivity contribution in [2.24, 2.45) is 0 Å². The van der Waals surface area contributed by atoms with Gasteiger partial charge in [-0.15, -0.1) is 0 Å². The van der Waals surface area contributed by atoms with Crippen LogP contribution in [-0.4, -0.2) is 55.2 Å². The Bertz CT molecular complexity index is 1040. The SMILES string of the molecule is CC(=O)c1ccc(N2CCN(C(=O)CCC(=O)N(CCC#N)c3ccccc3)CC2)c(F)c1. The average molecular weight is 451 g/mol. The van der Waals surface area contributed by atoms with Crippen LogP contribution in [0.25, 0.3) is 0 Å². The van der Waals surface area contributed by atoms with Crippen molar-refractivity contribution in [3.8, 4) is 6.07 Å². The number of rotatable bonds is 8. The summed E-state index contributed by atoms with van der Waals surface area (Å²) in [4.78, 5) is 41.9. The third-order valence-corrected chi connectivity index (χ3v) is 5.70. The topological polar surface area (TPSA) is 84.7 Å². The maximum absolute atomic E-state index is 14.4. The van der Waals surface area contributed by atoms with Crippen molar-refractivity contribution in [1.29, 1.82) is 5.26 Å². The predicted octanol–water partition coefficient (Wildman–Crippen LogP) is 3.40. The van der Waals surface area contributed by atoms with E-state index in [2.05, 4.69) is 6.07 Å². The zero-order valence-electron chi connectivity index (χ0n) is 18.7. The minimum atomic E-state index is -0.452. The molecular formula is C25H27FN4O3. The van der Waals surface area contributed by atoms with Crippen molar-refractivity contribution in [3.05, 3.63) is 59.9 Å². The highest BCUT2D eigenvalue weighted by molar-refractivity contribution is 5.95. The number of Topliss-reactive ketones (excluding diaryl/α,β-unsaturated/α-hetero) is 1. The van der Waals surface area contributed by atoms with E-state index in [9.17, 15) is 18.8 Å². The first kappa shape index (κ1) is 23.9. The van der Waals surface area contributed by atoms with Crippen LogP contribution in [0.5, 0.6) is 0 Å². The quantitative estimate of drug-likeness (QED) is 0.576. The number of nitriles is 1. The molecule has 1 heterocycles. The van der Waals surface area contributed by atoms with Crippen molar-refractivity contribution in [3.63, 3.8) is 0 Å². The van der Waals surface area contributed by atoms with E-state index >= 15 is 0 Å². The van der Waals surface area contributed by atoms with Crippen molar-refractivity contribution in [2.75, 3.05) is 42.5 Å². The first-order valence-corrected chi connectivity index (χ1v) is 11.0. The molecule has 2 amide bonds. The zero-order valence-corrected chi connectivity index (χ0v) is 18.7. The third kappa shape index (κ3) is 6.16. The molecule has 33 heavy (non-hydrogen) atoms. The summed E-state index contributed by atoms with van der Waals surface area (Å²) in [5.41, 5.74) is 1.45. The summed E-state index contributed by atoms with van der Waals surface area (Å²) in [5.74, 6) is -0.963. The molecule has 1 aliphatic rings. The van der Waals surface area contributed by atoms with E-state index in [1.807, 2.05) is 23.1 Å². The van der Waals surface area contributed by atoms with E-state index in [-0.39, 0.29) is 43.4 Å². The number of nitrogens with zero attached hydrogens (tertiary/aromatic N) is 4. The van der Waals surface area contributed by atoms with Crippen LogP contribution in [0.2, 0.25) is 0 Å². The molecule has 1 fully saturated rings. The van der Waals surface area contributed by atoms with Gasteiger partial charge in [-0.3, -0.25) is 14.4 Å². The third-order valence-electron chi connectivity index (χ3n) is 5.70. The standard InChI is InChI=1S/C25H27FN4O3/c1-19(31)20-8-9-23(22(26)18-20)28-14-16-29(17-15-28)24(32)10-11-25(33)30(13-5-12-27)21-6-3-2-4-7-21/h2-4,6-9,18H,5,10-11,13-17H2,1H3. The Morgan fingerprint density at radius 1 is 1.03 bits per heavy atom. The number of hydrogen-bond donors (Lipinski definition) is 0. The Hall–Kier alpha value is -3.73. The molecule has 0 saturated carbocycles. The second-order valence-corrected chi connectivity index (χ2v) is 7.88. The highest BCUT2D eigenvalue weighted by atomic mass is 19.1. The van der Waals surface area contributed by atoms with Crippen LogP contribution in [0.15, 0.2) is 48.5 Å². The molecule has 1 saturated heterocycles. The Kier molecular flexibility index (Phi) is 8.14. The number of carbonyl (C=O) groups excluding carboxylic acids is 3. The molecule has 0 N–H and O–H groups in total. The van der Waals surface area contributed by atoms with E-state index in [4.69, 9.17) is 5.26 Å². The van der Waals surface area contributed by atoms with Gasteiger partial charge in [0.2, 0.25) is 11.8 Å². The fourth-order valence-corrected chi connectivity index (χ4v) is 3.85. The lowest BCUT2D eigenvalue weighted by Crippen LogP contribution is -2.49. The molecule has 0 atom stereocenters. The van der Waals surface area contributed by atoms with Crippen LogP contribution in [0.1, 0.15) is 36.5 Å². The zero-order chi connectivity index (χ0) is 23.8. The van der Waals surface area contributed by atoms with Crippen molar-refractivity contribution in [2.45, 2.75) is 26.2 Å². The molecule has 2 aromatic carbocycles. The van der Waals surface area contributed by atoms with Crippen LogP contribution in [0, 0.1) is 17.1 Å². The Labute approximate surface area is 193 Å². The molecule has 172 valence electrons. The maximum Gasteiger partial charge on any atom is 0.227 e. The first-order valence-electron chi connectivity index (χ1n) is 11.0. The minimum absolute atomic E-state index is 0.0561. The molecule has 0 aliphatic carbocycles. The number of halogens is 1. The number of piperazine rings is 1. The van der Waals surface area contributed by atoms with Crippen molar-refractivity contribution < 1.29 is 18.8 Å². The van der Waals surface area contributed by atoms with Crippen molar-refractivity contribution >= 4 is 29.0 Å². The second-order valence-electron chi connectivity index (χ2n) is 7.88. The van der Waals surface area contributed by atoms with Gasteiger partial charge in [0.25, 0.3) is 0 Å². The number of benzene rings is 2. The number of anilines is 2. The molecule has 0 unspecified atom stereocenters. The van der Waals surface area contributed by atoms with Gasteiger partial charge in [0, 0.05) is 56.8 Å². The number of hydrogen-bond acceptors (Lipinski definition) is 5. The summed E-state index contributed by atoms with van der Waals surface area (Å²) in [6, 6.07) is 15.6. The van der Waals surface area contributed by atoms with Gasteiger partial charge in [-0.05, 0) is 37.3 Å². The van der Waals surface area contributed by atoms with Gasteiger partial charge in [-0.25, -0.2) is 4.39 Å². The highest BCUT2D eigenvalue weighted by Crippen LogP contribution is 2.23. The van der Waals surface area contributed by atoms with Gasteiger partial charge in [0.05, 0.1) is 18.2 Å². The van der Waals surface area contributed by atoms with Gasteiger partial charge < -0.3 is 14.7 Å². The molecule has 0 aromatic heterocycles. The van der Waals surface area contributed by atoms with Gasteiger partial charge in [-0.1, -0.05) is 18.2 Å². The summed E-state index contributed by atoms with van der Waals surface area (Å²) >= 11 is 0. The lowest BCUT2D eigenvalue weighted by molar-refractivity contribution is -0.133. The molecule has 8 heteroatoms. The van der Waals surface area contributed by atoms with Gasteiger partial charge in [0.1, 0.15) is 5.82 Å². The van der Waals surface area contributed by atoms with E-state index in [1.54, 1.807) is 34.1 Å². The molecule has 0 radical (unpaired) electrons. The highest BCUT2D eigenvalue weighted by Gasteiger charge is 2.24. The Morgan fingerprint density at radius 3 is 2.33 bits per heavy atom. The Balaban J connectivity index is 1.53. The molecule has 7 nitrogen and oxygen atoms in total. The Morgan fingerprint density at radius 2 is 1.73 bits per heavy atom. The lowest BCUT2D eigenvalue weighted by atomic mass is 10.1.